The summed E-state index contributed by atoms with van der Waals surface area (Å²) in [7, 11) is 0. The summed E-state index contributed by atoms with van der Waals surface area (Å²) in [5, 5.41) is 17.4. The average Bonchev–Trinajstić information content (AvgIpc) is 2.37. The normalized spacial score (nSPS) is 12.3. The van der Waals surface area contributed by atoms with Crippen LogP contribution in [-0.4, -0.2) is 33.2 Å². The lowest BCUT2D eigenvalue weighted by molar-refractivity contribution is -0.145. The highest BCUT2D eigenvalue weighted by Gasteiger charge is 2.18. The van der Waals surface area contributed by atoms with E-state index in [4.69, 9.17) is 14.9 Å². The molecule has 6 nitrogen and oxygen atoms in total. The third kappa shape index (κ3) is 5.20. The molecule has 0 aliphatic rings. The van der Waals surface area contributed by atoms with Crippen LogP contribution in [0.4, 0.5) is 0 Å². The maximum Gasteiger partial charge on any atom is 0.344 e. The van der Waals surface area contributed by atoms with E-state index in [9.17, 15) is 9.59 Å². The monoisotopic (exact) mass is 265 g/mol. The molecule has 1 aromatic rings. The van der Waals surface area contributed by atoms with E-state index in [1.165, 1.54) is 12.3 Å². The SMILES string of the molecule is CCCC(Oc1ccc(/C=C/C(=O)O)nc1)C(=O)O. The Labute approximate surface area is 110 Å². The fourth-order valence-corrected chi connectivity index (χ4v) is 1.38. The largest absolute Gasteiger partial charge is 0.479 e. The van der Waals surface area contributed by atoms with Crippen molar-refractivity contribution in [2.75, 3.05) is 0 Å². The minimum absolute atomic E-state index is 0.341. The van der Waals surface area contributed by atoms with Gasteiger partial charge in [-0.05, 0) is 24.6 Å². The molecular weight excluding hydrogens is 250 g/mol. The zero-order valence-electron chi connectivity index (χ0n) is 10.4. The molecule has 1 unspecified atom stereocenters. The van der Waals surface area contributed by atoms with E-state index in [-0.39, 0.29) is 0 Å². The summed E-state index contributed by atoms with van der Waals surface area (Å²) in [6.45, 7) is 1.87. The minimum atomic E-state index is -1.06. The van der Waals surface area contributed by atoms with Crippen molar-refractivity contribution in [1.29, 1.82) is 0 Å². The second-order valence-electron chi connectivity index (χ2n) is 3.82. The van der Waals surface area contributed by atoms with Gasteiger partial charge in [0.1, 0.15) is 5.75 Å². The van der Waals surface area contributed by atoms with Crippen LogP contribution in [0.5, 0.6) is 5.75 Å². The molecule has 19 heavy (non-hydrogen) atoms. The van der Waals surface area contributed by atoms with Crippen molar-refractivity contribution in [1.82, 2.24) is 4.98 Å². The summed E-state index contributed by atoms with van der Waals surface area (Å²) in [6.07, 6.45) is 3.90. The van der Waals surface area contributed by atoms with Crippen molar-refractivity contribution in [2.24, 2.45) is 0 Å². The van der Waals surface area contributed by atoms with E-state index in [1.54, 1.807) is 12.1 Å². The number of rotatable bonds is 7. The van der Waals surface area contributed by atoms with Gasteiger partial charge in [-0.2, -0.15) is 0 Å². The van der Waals surface area contributed by atoms with Crippen LogP contribution in [0.15, 0.2) is 24.4 Å². The Kier molecular flexibility index (Phi) is 5.53. The third-order valence-electron chi connectivity index (χ3n) is 2.26. The Morgan fingerprint density at radius 1 is 1.42 bits per heavy atom. The first-order valence-electron chi connectivity index (χ1n) is 5.79. The predicted molar refractivity (Wildman–Crippen MR) is 67.9 cm³/mol. The van der Waals surface area contributed by atoms with Crippen molar-refractivity contribution >= 4 is 18.0 Å². The van der Waals surface area contributed by atoms with E-state index < -0.39 is 18.0 Å². The van der Waals surface area contributed by atoms with E-state index in [1.807, 2.05) is 6.92 Å². The molecule has 0 aliphatic heterocycles. The molecule has 0 aromatic carbocycles. The van der Waals surface area contributed by atoms with Crippen LogP contribution in [0, 0.1) is 0 Å². The average molecular weight is 265 g/mol. The molecule has 0 radical (unpaired) electrons. The number of carboxylic acids is 2. The number of pyridine rings is 1. The van der Waals surface area contributed by atoms with Gasteiger partial charge in [-0.1, -0.05) is 13.3 Å². The minimum Gasteiger partial charge on any atom is -0.479 e. The van der Waals surface area contributed by atoms with Crippen LogP contribution in [0.1, 0.15) is 25.5 Å². The summed E-state index contributed by atoms with van der Waals surface area (Å²) in [4.78, 5) is 25.2. The fourth-order valence-electron chi connectivity index (χ4n) is 1.38. The summed E-state index contributed by atoms with van der Waals surface area (Å²) in [5.74, 6) is -1.74. The molecule has 2 N–H and O–H groups in total. The first kappa shape index (κ1) is 14.7. The highest BCUT2D eigenvalue weighted by Crippen LogP contribution is 2.14. The predicted octanol–water partition coefficient (Wildman–Crippen LogP) is 1.81. The number of carbonyl (C=O) groups is 2. The summed E-state index contributed by atoms with van der Waals surface area (Å²) < 4.78 is 5.29. The molecule has 0 bridgehead atoms. The molecule has 1 rings (SSSR count). The van der Waals surface area contributed by atoms with Crippen LogP contribution in [0.25, 0.3) is 6.08 Å². The Morgan fingerprint density at radius 2 is 2.16 bits per heavy atom. The van der Waals surface area contributed by atoms with E-state index in [0.717, 1.165) is 6.08 Å². The van der Waals surface area contributed by atoms with Gasteiger partial charge in [0.2, 0.25) is 0 Å². The van der Waals surface area contributed by atoms with Crippen LogP contribution < -0.4 is 4.74 Å². The van der Waals surface area contributed by atoms with Gasteiger partial charge in [0.25, 0.3) is 0 Å². The summed E-state index contributed by atoms with van der Waals surface area (Å²) in [6, 6.07) is 3.11. The topological polar surface area (TPSA) is 96.7 Å². The smallest absolute Gasteiger partial charge is 0.344 e. The zero-order valence-corrected chi connectivity index (χ0v) is 10.4. The van der Waals surface area contributed by atoms with Crippen molar-refractivity contribution in [3.63, 3.8) is 0 Å². The highest BCUT2D eigenvalue weighted by molar-refractivity contribution is 5.84. The summed E-state index contributed by atoms with van der Waals surface area (Å²) in [5.41, 5.74) is 0.456. The summed E-state index contributed by atoms with van der Waals surface area (Å²) >= 11 is 0. The lowest BCUT2D eigenvalue weighted by atomic mass is 10.2. The second kappa shape index (κ2) is 7.15. The van der Waals surface area contributed by atoms with Crippen molar-refractivity contribution in [3.05, 3.63) is 30.1 Å². The lowest BCUT2D eigenvalue weighted by Crippen LogP contribution is -2.26. The molecule has 0 amide bonds. The van der Waals surface area contributed by atoms with Gasteiger partial charge < -0.3 is 14.9 Å². The molecule has 0 saturated carbocycles. The molecule has 6 heteroatoms. The molecule has 0 aliphatic carbocycles. The Morgan fingerprint density at radius 3 is 2.63 bits per heavy atom. The van der Waals surface area contributed by atoms with Crippen molar-refractivity contribution < 1.29 is 24.5 Å². The number of nitrogens with zero attached hydrogens (tertiary/aromatic N) is 1. The van der Waals surface area contributed by atoms with Gasteiger partial charge in [0, 0.05) is 6.08 Å². The van der Waals surface area contributed by atoms with Gasteiger partial charge in [0.15, 0.2) is 6.10 Å². The Balaban J connectivity index is 2.70. The van der Waals surface area contributed by atoms with Gasteiger partial charge in [-0.3, -0.25) is 4.98 Å². The first-order chi connectivity index (χ1) is 9.02. The Bertz CT molecular complexity index is 466. The fraction of sp³-hybridized carbons (Fsp3) is 0.308. The molecule has 0 saturated heterocycles. The van der Waals surface area contributed by atoms with Crippen LogP contribution in [-0.2, 0) is 9.59 Å². The molecule has 1 heterocycles. The van der Waals surface area contributed by atoms with Crippen LogP contribution in [0.2, 0.25) is 0 Å². The van der Waals surface area contributed by atoms with E-state index in [2.05, 4.69) is 4.98 Å². The first-order valence-corrected chi connectivity index (χ1v) is 5.79. The van der Waals surface area contributed by atoms with Gasteiger partial charge in [-0.15, -0.1) is 0 Å². The number of hydrogen-bond acceptors (Lipinski definition) is 4. The molecule has 0 spiro atoms. The van der Waals surface area contributed by atoms with Gasteiger partial charge in [0.05, 0.1) is 11.9 Å². The standard InChI is InChI=1S/C13H15NO5/c1-2-3-11(13(17)18)19-10-6-4-9(14-8-10)5-7-12(15)16/h4-8,11H,2-3H2,1H3,(H,15,16)(H,17,18)/b7-5+. The number of aliphatic carboxylic acids is 2. The molecule has 102 valence electrons. The Hall–Kier alpha value is -2.37. The van der Waals surface area contributed by atoms with Gasteiger partial charge >= 0.3 is 11.9 Å². The van der Waals surface area contributed by atoms with Crippen LogP contribution >= 0.6 is 0 Å². The quantitative estimate of drug-likeness (QED) is 0.730. The number of hydrogen-bond donors (Lipinski definition) is 2. The maximum atomic E-state index is 10.9. The second-order valence-corrected chi connectivity index (χ2v) is 3.82. The molecule has 1 aromatic heterocycles. The third-order valence-corrected chi connectivity index (χ3v) is 2.26. The zero-order chi connectivity index (χ0) is 14.3. The highest BCUT2D eigenvalue weighted by atomic mass is 16.5. The number of ether oxygens (including phenoxy) is 1. The van der Waals surface area contributed by atoms with E-state index >= 15 is 0 Å². The van der Waals surface area contributed by atoms with Gasteiger partial charge in [-0.25, -0.2) is 9.59 Å². The number of aromatic nitrogens is 1. The van der Waals surface area contributed by atoms with E-state index in [0.29, 0.717) is 24.3 Å². The van der Waals surface area contributed by atoms with Crippen LogP contribution in [0.3, 0.4) is 0 Å². The lowest BCUT2D eigenvalue weighted by Gasteiger charge is -2.13. The maximum absolute atomic E-state index is 10.9. The number of carboxylic acid groups (broad SMARTS) is 2. The molecular formula is C13H15NO5. The van der Waals surface area contributed by atoms with Crippen molar-refractivity contribution in [2.45, 2.75) is 25.9 Å². The van der Waals surface area contributed by atoms with Crippen molar-refractivity contribution in [3.8, 4) is 5.75 Å². The molecule has 1 atom stereocenters. The molecule has 0 fully saturated rings.